The zero-order valence-electron chi connectivity index (χ0n) is 9.49. The van der Waals surface area contributed by atoms with Crippen molar-refractivity contribution in [2.75, 3.05) is 0 Å². The van der Waals surface area contributed by atoms with Gasteiger partial charge in [-0.3, -0.25) is 4.79 Å². The summed E-state index contributed by atoms with van der Waals surface area (Å²) in [6.45, 7) is 8.41. The van der Waals surface area contributed by atoms with Gasteiger partial charge in [-0.25, -0.2) is 0 Å². The van der Waals surface area contributed by atoms with E-state index in [1.165, 1.54) is 5.19 Å². The van der Waals surface area contributed by atoms with Gasteiger partial charge < -0.3 is 0 Å². The molecule has 15 heavy (non-hydrogen) atoms. The molecular weight excluding hydrogens is 200 g/mol. The van der Waals surface area contributed by atoms with Gasteiger partial charge in [-0.15, -0.1) is 6.58 Å². The Hall–Kier alpha value is -1.15. The molecule has 0 aromatic heterocycles. The lowest BCUT2D eigenvalue weighted by atomic mass is 10.2. The van der Waals surface area contributed by atoms with Crippen molar-refractivity contribution in [1.82, 2.24) is 0 Å². The first-order valence-corrected chi connectivity index (χ1v) is 7.91. The minimum atomic E-state index is -1.54. The smallest absolute Gasteiger partial charge is 0.150 e. The Labute approximate surface area is 92.8 Å². The molecule has 0 aliphatic heterocycles. The maximum absolute atomic E-state index is 10.7. The first-order valence-electron chi connectivity index (χ1n) is 5.41. The summed E-state index contributed by atoms with van der Waals surface area (Å²) in [6, 6.07) is 10.3. The second-order valence-electron chi connectivity index (χ2n) is 3.81. The molecule has 1 aromatic carbocycles. The van der Waals surface area contributed by atoms with E-state index in [1.54, 1.807) is 0 Å². The monoisotopic (exact) mass is 218 g/mol. The summed E-state index contributed by atoms with van der Waals surface area (Å²) in [7, 11) is -1.54. The van der Waals surface area contributed by atoms with E-state index >= 15 is 0 Å². The fraction of sp³-hybridized carbons (Fsp3) is 0.308. The lowest BCUT2D eigenvalue weighted by Gasteiger charge is -2.26. The van der Waals surface area contributed by atoms with Gasteiger partial charge in [0.05, 0.1) is 0 Å². The number of aldehydes is 1. The maximum atomic E-state index is 10.7. The van der Waals surface area contributed by atoms with E-state index in [9.17, 15) is 4.79 Å². The molecule has 0 bridgehead atoms. The van der Waals surface area contributed by atoms with Gasteiger partial charge in [0.25, 0.3) is 0 Å². The highest BCUT2D eigenvalue weighted by molar-refractivity contribution is 6.95. The number of carbonyl (C=O) groups excluding carboxylic acids is 1. The van der Waals surface area contributed by atoms with Crippen LogP contribution in [-0.4, -0.2) is 14.4 Å². The fourth-order valence-electron chi connectivity index (χ4n) is 1.99. The average Bonchev–Trinajstić information content (AvgIpc) is 2.32. The summed E-state index contributed by atoms with van der Waals surface area (Å²) < 4.78 is 0. The van der Waals surface area contributed by atoms with Gasteiger partial charge in [0, 0.05) is 5.56 Å². The third kappa shape index (κ3) is 2.26. The number of hydrogen-bond donors (Lipinski definition) is 0. The van der Waals surface area contributed by atoms with Crippen molar-refractivity contribution in [2.24, 2.45) is 0 Å². The Balaban J connectivity index is 3.21. The van der Waals surface area contributed by atoms with E-state index in [-0.39, 0.29) is 0 Å². The van der Waals surface area contributed by atoms with Crippen LogP contribution in [-0.2, 0) is 0 Å². The van der Waals surface area contributed by atoms with E-state index in [0.29, 0.717) is 0 Å². The Bertz CT molecular complexity index is 353. The third-order valence-electron chi connectivity index (χ3n) is 3.25. The van der Waals surface area contributed by atoms with Crippen molar-refractivity contribution in [3.05, 3.63) is 42.1 Å². The van der Waals surface area contributed by atoms with Gasteiger partial charge >= 0.3 is 0 Å². The molecule has 0 aliphatic carbocycles. The minimum absolute atomic E-state index is 0.771. The quantitative estimate of drug-likeness (QED) is 0.548. The molecule has 0 N–H and O–H groups in total. The summed E-state index contributed by atoms with van der Waals surface area (Å²) in [4.78, 5) is 10.7. The van der Waals surface area contributed by atoms with Crippen molar-refractivity contribution in [2.45, 2.75) is 25.9 Å². The summed E-state index contributed by atoms with van der Waals surface area (Å²) in [6.07, 6.45) is 0.914. The van der Waals surface area contributed by atoms with Crippen molar-refractivity contribution < 1.29 is 4.79 Å². The molecule has 1 aromatic rings. The highest BCUT2D eigenvalue weighted by Gasteiger charge is 2.27. The van der Waals surface area contributed by atoms with E-state index in [1.807, 2.05) is 18.2 Å². The molecule has 0 aliphatic rings. The number of rotatable bonds is 5. The molecule has 0 unspecified atom stereocenters. The number of carbonyl (C=O) groups is 1. The van der Waals surface area contributed by atoms with E-state index < -0.39 is 8.07 Å². The molecular formula is C13H18OSi. The van der Waals surface area contributed by atoms with Gasteiger partial charge in [0.15, 0.2) is 0 Å². The zero-order chi connectivity index (χ0) is 11.3. The lowest BCUT2D eigenvalue weighted by molar-refractivity contribution is 0.112. The van der Waals surface area contributed by atoms with Crippen molar-refractivity contribution >= 4 is 19.5 Å². The molecule has 2 heteroatoms. The predicted molar refractivity (Wildman–Crippen MR) is 68.4 cm³/mol. The number of hydrogen-bond acceptors (Lipinski definition) is 1. The van der Waals surface area contributed by atoms with Gasteiger partial charge in [-0.1, -0.05) is 61.1 Å². The van der Waals surface area contributed by atoms with E-state index in [0.717, 1.165) is 23.9 Å². The van der Waals surface area contributed by atoms with Gasteiger partial charge in [0.2, 0.25) is 0 Å². The highest BCUT2D eigenvalue weighted by Crippen LogP contribution is 2.16. The van der Waals surface area contributed by atoms with Crippen LogP contribution in [0.1, 0.15) is 24.2 Å². The van der Waals surface area contributed by atoms with Crippen LogP contribution in [0.15, 0.2) is 36.5 Å². The van der Waals surface area contributed by atoms with Gasteiger partial charge in [0.1, 0.15) is 14.4 Å². The maximum Gasteiger partial charge on any atom is 0.150 e. The first-order chi connectivity index (χ1) is 7.22. The average molecular weight is 218 g/mol. The van der Waals surface area contributed by atoms with Crippen LogP contribution in [0.3, 0.4) is 0 Å². The largest absolute Gasteiger partial charge is 0.298 e. The van der Waals surface area contributed by atoms with Crippen LogP contribution >= 0.6 is 0 Å². The van der Waals surface area contributed by atoms with Crippen molar-refractivity contribution in [1.29, 1.82) is 0 Å². The van der Waals surface area contributed by atoms with Gasteiger partial charge in [-0.2, -0.15) is 0 Å². The van der Waals surface area contributed by atoms with Crippen LogP contribution in [0.25, 0.3) is 0 Å². The second-order valence-corrected chi connectivity index (χ2v) is 8.52. The summed E-state index contributed by atoms with van der Waals surface area (Å²) in [5, 5.41) is 1.33. The number of benzene rings is 1. The summed E-state index contributed by atoms with van der Waals surface area (Å²) in [5.74, 6) is 0. The normalized spacial score (nSPS) is 11.1. The van der Waals surface area contributed by atoms with Crippen LogP contribution in [0.5, 0.6) is 0 Å². The minimum Gasteiger partial charge on any atom is -0.298 e. The molecule has 0 radical (unpaired) electrons. The molecule has 1 nitrogen and oxygen atoms in total. The molecule has 0 amide bonds. The van der Waals surface area contributed by atoms with Crippen LogP contribution in [0, 0.1) is 0 Å². The topological polar surface area (TPSA) is 17.1 Å². The molecule has 0 atom stereocenters. The van der Waals surface area contributed by atoms with Crippen LogP contribution in [0.4, 0.5) is 0 Å². The zero-order valence-corrected chi connectivity index (χ0v) is 10.5. The molecule has 1 rings (SSSR count). The fourth-order valence-corrected chi connectivity index (χ4v) is 5.00. The van der Waals surface area contributed by atoms with Crippen LogP contribution < -0.4 is 5.19 Å². The SMILES string of the molecule is C=C[Si](CC)(CC)c1cccc(C=O)c1. The Morgan fingerprint density at radius 1 is 1.33 bits per heavy atom. The Morgan fingerprint density at radius 2 is 2.00 bits per heavy atom. The predicted octanol–water partition coefficient (Wildman–Crippen LogP) is 2.92. The molecule has 0 fully saturated rings. The van der Waals surface area contributed by atoms with Crippen molar-refractivity contribution in [3.63, 3.8) is 0 Å². The molecule has 0 spiro atoms. The molecule has 0 saturated heterocycles. The highest BCUT2D eigenvalue weighted by atomic mass is 28.3. The van der Waals surface area contributed by atoms with Crippen molar-refractivity contribution in [3.8, 4) is 0 Å². The van der Waals surface area contributed by atoms with E-state index in [2.05, 4.69) is 32.2 Å². The molecule has 80 valence electrons. The van der Waals surface area contributed by atoms with E-state index in [4.69, 9.17) is 0 Å². The Morgan fingerprint density at radius 3 is 2.47 bits per heavy atom. The molecule has 0 heterocycles. The first kappa shape index (κ1) is 11.9. The second kappa shape index (κ2) is 5.08. The van der Waals surface area contributed by atoms with Crippen LogP contribution in [0.2, 0.25) is 12.1 Å². The standard InChI is InChI=1S/C13H18OSi/c1-4-15(5-2,6-3)13-9-7-8-12(10-13)11-14/h4,7-11H,1,5-6H2,2-3H3. The Kier molecular flexibility index (Phi) is 4.03. The summed E-state index contributed by atoms with van der Waals surface area (Å²) in [5.41, 5.74) is 2.91. The van der Waals surface area contributed by atoms with Gasteiger partial charge in [-0.05, 0) is 0 Å². The lowest BCUT2D eigenvalue weighted by Crippen LogP contribution is -2.44. The molecule has 0 saturated carbocycles. The third-order valence-corrected chi connectivity index (χ3v) is 8.02. The summed E-state index contributed by atoms with van der Waals surface area (Å²) >= 11 is 0.